The summed E-state index contributed by atoms with van der Waals surface area (Å²) < 4.78 is 14.3. The smallest absolute Gasteiger partial charge is 0.161 e. The Morgan fingerprint density at radius 2 is 1.70 bits per heavy atom. The van der Waals surface area contributed by atoms with Gasteiger partial charge in [0.25, 0.3) is 0 Å². The van der Waals surface area contributed by atoms with Crippen LogP contribution in [0, 0.1) is 12.3 Å². The number of methoxy groups -OCH3 is 1. The molecule has 4 aromatic rings. The highest BCUT2D eigenvalue weighted by atomic mass is 28.3. The van der Waals surface area contributed by atoms with Gasteiger partial charge in [0.2, 0.25) is 0 Å². The largest absolute Gasteiger partial charge is 0.497 e. The molecule has 208 valence electrons. The SMILES string of the molecule is COc1ccc(COc2cc(-c3cccc4c3cc(C)n4[Si](C)(C)C(C)(C)C)cc(N3CC=CC(=N)C3)c2)cc1. The Bertz CT molecular complexity index is 1580. The van der Waals surface area contributed by atoms with E-state index in [-0.39, 0.29) is 5.04 Å². The van der Waals surface area contributed by atoms with E-state index in [4.69, 9.17) is 14.9 Å². The van der Waals surface area contributed by atoms with Gasteiger partial charge in [-0.2, -0.15) is 0 Å². The summed E-state index contributed by atoms with van der Waals surface area (Å²) in [6, 6.07) is 23.5. The molecule has 1 N–H and O–H groups in total. The maximum Gasteiger partial charge on any atom is 0.161 e. The molecule has 0 radical (unpaired) electrons. The quantitative estimate of drug-likeness (QED) is 0.234. The van der Waals surface area contributed by atoms with Gasteiger partial charge in [-0.1, -0.05) is 64.2 Å². The number of nitrogens with zero attached hydrogens (tertiary/aromatic N) is 2. The minimum Gasteiger partial charge on any atom is -0.497 e. The molecule has 0 spiro atoms. The van der Waals surface area contributed by atoms with Crippen LogP contribution >= 0.6 is 0 Å². The molecule has 0 fully saturated rings. The van der Waals surface area contributed by atoms with Crippen molar-refractivity contribution in [1.29, 1.82) is 5.41 Å². The number of benzene rings is 3. The molecule has 40 heavy (non-hydrogen) atoms. The lowest BCUT2D eigenvalue weighted by Gasteiger charge is -2.39. The lowest BCUT2D eigenvalue weighted by atomic mass is 10.00. The Morgan fingerprint density at radius 1 is 0.950 bits per heavy atom. The summed E-state index contributed by atoms with van der Waals surface area (Å²) in [5.74, 6) is 1.66. The van der Waals surface area contributed by atoms with Crippen molar-refractivity contribution >= 4 is 30.5 Å². The number of aromatic nitrogens is 1. The van der Waals surface area contributed by atoms with E-state index in [0.717, 1.165) is 34.9 Å². The molecule has 0 aliphatic carbocycles. The van der Waals surface area contributed by atoms with Gasteiger partial charge in [0, 0.05) is 34.9 Å². The van der Waals surface area contributed by atoms with Gasteiger partial charge in [-0.05, 0) is 71.1 Å². The third kappa shape index (κ3) is 5.33. The third-order valence-corrected chi connectivity index (χ3v) is 13.9. The molecule has 0 atom stereocenters. The molecule has 5 rings (SSSR count). The van der Waals surface area contributed by atoms with Gasteiger partial charge >= 0.3 is 0 Å². The van der Waals surface area contributed by atoms with Crippen molar-refractivity contribution in [2.45, 2.75) is 52.4 Å². The average molecular weight is 552 g/mol. The minimum atomic E-state index is -1.83. The van der Waals surface area contributed by atoms with E-state index in [2.05, 4.69) is 98.5 Å². The molecule has 0 amide bonds. The minimum absolute atomic E-state index is 0.217. The summed E-state index contributed by atoms with van der Waals surface area (Å²) in [7, 11) is -0.154. The second kappa shape index (κ2) is 10.7. The number of aryl methyl sites for hydroxylation is 1. The zero-order chi connectivity index (χ0) is 28.7. The maximum absolute atomic E-state index is 8.24. The molecule has 1 aliphatic heterocycles. The Balaban J connectivity index is 1.59. The van der Waals surface area contributed by atoms with Crippen LogP contribution in [0.25, 0.3) is 22.0 Å². The zero-order valence-corrected chi connectivity index (χ0v) is 25.8. The number of hydrogen-bond acceptors (Lipinski definition) is 4. The first kappa shape index (κ1) is 27.8. The lowest BCUT2D eigenvalue weighted by molar-refractivity contribution is 0.306. The Kier molecular flexibility index (Phi) is 7.40. The number of nitrogens with one attached hydrogen (secondary N) is 1. The molecule has 2 heterocycles. The van der Waals surface area contributed by atoms with E-state index in [1.54, 1.807) is 7.11 Å². The summed E-state index contributed by atoms with van der Waals surface area (Å²) in [6.07, 6.45) is 3.95. The van der Waals surface area contributed by atoms with Crippen molar-refractivity contribution in [1.82, 2.24) is 4.23 Å². The Labute approximate surface area is 239 Å². The molecule has 0 bridgehead atoms. The van der Waals surface area contributed by atoms with Gasteiger partial charge in [-0.3, -0.25) is 0 Å². The van der Waals surface area contributed by atoms with E-state index in [1.165, 1.54) is 22.2 Å². The standard InChI is InChI=1S/C34H41N3O2Si/c1-24-18-32-31(11-8-12-33(32)37(24)40(6,7)34(2,3)4)26-19-28(36-17-9-10-27(35)22-36)21-30(20-26)39-23-25-13-15-29(38-5)16-14-25/h8-16,18-21,35H,17,22-23H2,1-7H3. The van der Waals surface area contributed by atoms with Crippen LogP contribution in [0.15, 0.2) is 78.9 Å². The van der Waals surface area contributed by atoms with Crippen molar-refractivity contribution in [2.24, 2.45) is 0 Å². The monoisotopic (exact) mass is 551 g/mol. The van der Waals surface area contributed by atoms with Crippen LogP contribution in [0.2, 0.25) is 18.1 Å². The van der Waals surface area contributed by atoms with Gasteiger partial charge in [-0.15, -0.1) is 0 Å². The van der Waals surface area contributed by atoms with Crippen LogP contribution in [0.1, 0.15) is 32.0 Å². The van der Waals surface area contributed by atoms with E-state index in [9.17, 15) is 0 Å². The highest BCUT2D eigenvalue weighted by Gasteiger charge is 2.39. The van der Waals surface area contributed by atoms with Gasteiger partial charge in [-0.25, -0.2) is 0 Å². The van der Waals surface area contributed by atoms with Crippen LogP contribution in [0.3, 0.4) is 0 Å². The summed E-state index contributed by atoms with van der Waals surface area (Å²) in [4.78, 5) is 2.23. The van der Waals surface area contributed by atoms with E-state index >= 15 is 0 Å². The molecule has 0 saturated heterocycles. The van der Waals surface area contributed by atoms with E-state index < -0.39 is 8.24 Å². The summed E-state index contributed by atoms with van der Waals surface area (Å²) in [6.45, 7) is 16.1. The summed E-state index contributed by atoms with van der Waals surface area (Å²) in [5.41, 5.74) is 7.71. The first-order valence-corrected chi connectivity index (χ1v) is 16.9. The highest BCUT2D eigenvalue weighted by Crippen LogP contribution is 2.42. The van der Waals surface area contributed by atoms with Gasteiger partial charge < -0.3 is 24.0 Å². The fraction of sp³-hybridized carbons (Fsp3) is 0.324. The van der Waals surface area contributed by atoms with Crippen LogP contribution in [0.5, 0.6) is 11.5 Å². The zero-order valence-electron chi connectivity index (χ0n) is 24.8. The molecule has 1 aromatic heterocycles. The fourth-order valence-electron chi connectivity index (χ4n) is 5.43. The van der Waals surface area contributed by atoms with Crippen molar-refractivity contribution < 1.29 is 9.47 Å². The second-order valence-corrected chi connectivity index (χ2v) is 17.4. The maximum atomic E-state index is 8.24. The average Bonchev–Trinajstić information content (AvgIpc) is 3.28. The molecular formula is C34H41N3O2Si. The first-order valence-electron chi connectivity index (χ1n) is 14.0. The van der Waals surface area contributed by atoms with Crippen LogP contribution in [0.4, 0.5) is 5.69 Å². The predicted octanol–water partition coefficient (Wildman–Crippen LogP) is 8.45. The summed E-state index contributed by atoms with van der Waals surface area (Å²) >= 11 is 0. The predicted molar refractivity (Wildman–Crippen MR) is 171 cm³/mol. The van der Waals surface area contributed by atoms with Crippen molar-refractivity contribution in [3.63, 3.8) is 0 Å². The number of fused-ring (bicyclic) bond motifs is 1. The highest BCUT2D eigenvalue weighted by molar-refractivity contribution is 6.79. The first-order chi connectivity index (χ1) is 19.0. The molecule has 3 aromatic carbocycles. The molecule has 5 nitrogen and oxygen atoms in total. The number of hydrogen-bond donors (Lipinski definition) is 1. The molecule has 0 unspecified atom stereocenters. The number of rotatable bonds is 7. The van der Waals surface area contributed by atoms with Gasteiger partial charge in [0.1, 0.15) is 18.1 Å². The van der Waals surface area contributed by atoms with Crippen LogP contribution in [-0.2, 0) is 6.61 Å². The molecule has 1 aliphatic rings. The number of anilines is 1. The van der Waals surface area contributed by atoms with Gasteiger partial charge in [0.05, 0.1) is 19.4 Å². The normalized spacial score (nSPS) is 14.2. The van der Waals surface area contributed by atoms with E-state index in [1.807, 2.05) is 30.3 Å². The van der Waals surface area contributed by atoms with Crippen molar-refractivity contribution in [3.8, 4) is 22.6 Å². The topological polar surface area (TPSA) is 50.5 Å². The summed E-state index contributed by atoms with van der Waals surface area (Å²) in [5, 5.41) is 9.73. The van der Waals surface area contributed by atoms with E-state index in [0.29, 0.717) is 18.9 Å². The van der Waals surface area contributed by atoms with Crippen LogP contribution in [-0.4, -0.2) is 38.4 Å². The van der Waals surface area contributed by atoms with Crippen LogP contribution < -0.4 is 14.4 Å². The third-order valence-electron chi connectivity index (χ3n) is 8.56. The van der Waals surface area contributed by atoms with Gasteiger partial charge in [0.15, 0.2) is 8.24 Å². The van der Waals surface area contributed by atoms with Crippen molar-refractivity contribution in [3.05, 3.63) is 90.1 Å². The molecular weight excluding hydrogens is 510 g/mol. The van der Waals surface area contributed by atoms with Crippen molar-refractivity contribution in [2.75, 3.05) is 25.1 Å². The fourth-order valence-corrected chi connectivity index (χ4v) is 7.84. The number of ether oxygens (including phenoxy) is 2. The molecule has 6 heteroatoms. The Hall–Kier alpha value is -3.77. The second-order valence-electron chi connectivity index (χ2n) is 12.3. The molecule has 0 saturated carbocycles. The Morgan fingerprint density at radius 3 is 2.38 bits per heavy atom. The lowest BCUT2D eigenvalue weighted by Crippen LogP contribution is -2.45.